The molecule has 0 bridgehead atoms. The van der Waals surface area contributed by atoms with E-state index in [0.29, 0.717) is 17.5 Å². The van der Waals surface area contributed by atoms with Crippen molar-refractivity contribution in [3.8, 4) is 11.5 Å². The van der Waals surface area contributed by atoms with Crippen LogP contribution in [0.3, 0.4) is 0 Å². The van der Waals surface area contributed by atoms with Gasteiger partial charge in [-0.25, -0.2) is 9.37 Å². The molecule has 4 nitrogen and oxygen atoms in total. The van der Waals surface area contributed by atoms with Crippen LogP contribution < -0.4 is 5.32 Å². The van der Waals surface area contributed by atoms with Gasteiger partial charge < -0.3 is 9.73 Å². The maximum absolute atomic E-state index is 13.2. The number of halogens is 2. The third kappa shape index (κ3) is 4.03. The standard InChI is InChI=1S/C15H18FN3O.ClH/c1-11-8-19(6-5-17-11)9-14-10-20-15(18-14)12-3-2-4-13(16)7-12;/h2-4,7,10-11,17H,5-6,8-9H2,1H3;1H. The van der Waals surface area contributed by atoms with E-state index in [1.165, 1.54) is 12.1 Å². The van der Waals surface area contributed by atoms with Crippen LogP contribution in [0, 0.1) is 5.82 Å². The van der Waals surface area contributed by atoms with Crippen molar-refractivity contribution >= 4 is 12.4 Å². The topological polar surface area (TPSA) is 41.3 Å². The first kappa shape index (κ1) is 15.9. The van der Waals surface area contributed by atoms with Gasteiger partial charge in [0.2, 0.25) is 5.89 Å². The summed E-state index contributed by atoms with van der Waals surface area (Å²) in [7, 11) is 0. The fraction of sp³-hybridized carbons (Fsp3) is 0.400. The number of oxazole rings is 1. The number of nitrogens with zero attached hydrogens (tertiary/aromatic N) is 2. The second kappa shape index (κ2) is 7.02. The minimum atomic E-state index is -0.279. The van der Waals surface area contributed by atoms with Crippen LogP contribution in [0.2, 0.25) is 0 Å². The van der Waals surface area contributed by atoms with Crippen molar-refractivity contribution in [2.24, 2.45) is 0 Å². The molecule has 1 fully saturated rings. The van der Waals surface area contributed by atoms with Crippen molar-refractivity contribution in [3.63, 3.8) is 0 Å². The van der Waals surface area contributed by atoms with E-state index in [4.69, 9.17) is 4.42 Å². The molecular formula is C15H19ClFN3O. The van der Waals surface area contributed by atoms with E-state index in [2.05, 4.69) is 22.1 Å². The fourth-order valence-electron chi connectivity index (χ4n) is 2.52. The fourth-order valence-corrected chi connectivity index (χ4v) is 2.52. The third-order valence-electron chi connectivity index (χ3n) is 3.46. The zero-order chi connectivity index (χ0) is 13.9. The lowest BCUT2D eigenvalue weighted by Gasteiger charge is -2.31. The normalized spacial score (nSPS) is 19.2. The molecule has 6 heteroatoms. The number of nitrogens with one attached hydrogen (secondary N) is 1. The van der Waals surface area contributed by atoms with E-state index in [9.17, 15) is 4.39 Å². The second-order valence-corrected chi connectivity index (χ2v) is 5.24. The van der Waals surface area contributed by atoms with Crippen LogP contribution in [0.4, 0.5) is 4.39 Å². The molecule has 0 saturated carbocycles. The van der Waals surface area contributed by atoms with Crippen molar-refractivity contribution < 1.29 is 8.81 Å². The summed E-state index contributed by atoms with van der Waals surface area (Å²) in [6.45, 7) is 5.95. The molecule has 1 aliphatic rings. The number of hydrogen-bond donors (Lipinski definition) is 1. The molecule has 3 rings (SSSR count). The highest BCUT2D eigenvalue weighted by Crippen LogP contribution is 2.20. The SMILES string of the molecule is CC1CN(Cc2coc(-c3cccc(F)c3)n2)CCN1.Cl. The average Bonchev–Trinajstić information content (AvgIpc) is 2.87. The van der Waals surface area contributed by atoms with Crippen molar-refractivity contribution in [2.75, 3.05) is 19.6 Å². The molecule has 2 heterocycles. The summed E-state index contributed by atoms with van der Waals surface area (Å²) < 4.78 is 18.6. The molecule has 0 spiro atoms. The van der Waals surface area contributed by atoms with Gasteiger partial charge in [-0.2, -0.15) is 0 Å². The van der Waals surface area contributed by atoms with Crippen LogP contribution in [0.15, 0.2) is 34.9 Å². The first-order chi connectivity index (χ1) is 9.70. The quantitative estimate of drug-likeness (QED) is 0.946. The van der Waals surface area contributed by atoms with Gasteiger partial charge in [0.15, 0.2) is 0 Å². The monoisotopic (exact) mass is 311 g/mol. The summed E-state index contributed by atoms with van der Waals surface area (Å²) in [6.07, 6.45) is 1.66. The summed E-state index contributed by atoms with van der Waals surface area (Å²) in [5.41, 5.74) is 1.56. The number of benzene rings is 1. The van der Waals surface area contributed by atoms with Crippen LogP contribution >= 0.6 is 12.4 Å². The van der Waals surface area contributed by atoms with Crippen LogP contribution in [0.25, 0.3) is 11.5 Å². The first-order valence-corrected chi connectivity index (χ1v) is 6.87. The van der Waals surface area contributed by atoms with E-state index in [1.54, 1.807) is 18.4 Å². The Morgan fingerprint density at radius 3 is 3.10 bits per heavy atom. The zero-order valence-electron chi connectivity index (χ0n) is 11.9. The maximum Gasteiger partial charge on any atom is 0.226 e. The van der Waals surface area contributed by atoms with Crippen LogP contribution in [-0.2, 0) is 6.54 Å². The molecule has 1 N–H and O–H groups in total. The Hall–Kier alpha value is -1.43. The summed E-state index contributed by atoms with van der Waals surface area (Å²) in [5.74, 6) is 0.195. The number of hydrogen-bond acceptors (Lipinski definition) is 4. The Labute approximate surface area is 129 Å². The van der Waals surface area contributed by atoms with Gasteiger partial charge in [0, 0.05) is 37.8 Å². The minimum Gasteiger partial charge on any atom is -0.444 e. The van der Waals surface area contributed by atoms with E-state index >= 15 is 0 Å². The molecular weight excluding hydrogens is 293 g/mol. The van der Waals surface area contributed by atoms with E-state index in [0.717, 1.165) is 31.9 Å². The van der Waals surface area contributed by atoms with Crippen molar-refractivity contribution in [1.82, 2.24) is 15.2 Å². The Bertz CT molecular complexity index is 590. The van der Waals surface area contributed by atoms with Gasteiger partial charge in [-0.1, -0.05) is 6.07 Å². The van der Waals surface area contributed by atoms with Crippen LogP contribution in [0.1, 0.15) is 12.6 Å². The van der Waals surface area contributed by atoms with Crippen molar-refractivity contribution in [1.29, 1.82) is 0 Å². The zero-order valence-corrected chi connectivity index (χ0v) is 12.7. The summed E-state index contributed by atoms with van der Waals surface area (Å²) in [5, 5.41) is 3.41. The van der Waals surface area contributed by atoms with Crippen LogP contribution in [-0.4, -0.2) is 35.6 Å². The molecule has 1 aromatic heterocycles. The average molecular weight is 312 g/mol. The predicted octanol–water partition coefficient (Wildman–Crippen LogP) is 2.70. The molecule has 1 atom stereocenters. The second-order valence-electron chi connectivity index (χ2n) is 5.24. The van der Waals surface area contributed by atoms with Gasteiger partial charge in [0.1, 0.15) is 12.1 Å². The van der Waals surface area contributed by atoms with Crippen molar-refractivity contribution in [3.05, 3.63) is 42.0 Å². The van der Waals surface area contributed by atoms with E-state index in [-0.39, 0.29) is 18.2 Å². The Kier molecular flexibility index (Phi) is 5.33. The van der Waals surface area contributed by atoms with E-state index < -0.39 is 0 Å². The predicted molar refractivity (Wildman–Crippen MR) is 81.9 cm³/mol. The van der Waals surface area contributed by atoms with Gasteiger partial charge in [-0.15, -0.1) is 12.4 Å². The number of aromatic nitrogens is 1. The Balaban J connectivity index is 0.00000161. The lowest BCUT2D eigenvalue weighted by atomic mass is 10.2. The van der Waals surface area contributed by atoms with Gasteiger partial charge in [0.25, 0.3) is 0 Å². The summed E-state index contributed by atoms with van der Waals surface area (Å²) >= 11 is 0. The Morgan fingerprint density at radius 2 is 2.33 bits per heavy atom. The first-order valence-electron chi connectivity index (χ1n) is 6.87. The van der Waals surface area contributed by atoms with E-state index in [1.807, 2.05) is 0 Å². The van der Waals surface area contributed by atoms with Crippen molar-refractivity contribution in [2.45, 2.75) is 19.5 Å². The molecule has 0 radical (unpaired) electrons. The maximum atomic E-state index is 13.2. The molecule has 21 heavy (non-hydrogen) atoms. The highest BCUT2D eigenvalue weighted by molar-refractivity contribution is 5.85. The smallest absolute Gasteiger partial charge is 0.226 e. The molecule has 114 valence electrons. The molecule has 1 aliphatic heterocycles. The van der Waals surface area contributed by atoms with Gasteiger partial charge >= 0.3 is 0 Å². The molecule has 1 aromatic carbocycles. The van der Waals surface area contributed by atoms with Gasteiger partial charge in [0.05, 0.1) is 5.69 Å². The summed E-state index contributed by atoms with van der Waals surface area (Å²) in [6, 6.07) is 6.80. The summed E-state index contributed by atoms with van der Waals surface area (Å²) in [4.78, 5) is 6.79. The van der Waals surface area contributed by atoms with Gasteiger partial charge in [-0.3, -0.25) is 4.90 Å². The molecule has 0 aliphatic carbocycles. The lowest BCUT2D eigenvalue weighted by molar-refractivity contribution is 0.197. The highest BCUT2D eigenvalue weighted by Gasteiger charge is 2.17. The lowest BCUT2D eigenvalue weighted by Crippen LogP contribution is -2.48. The minimum absolute atomic E-state index is 0. The number of piperazine rings is 1. The Morgan fingerprint density at radius 1 is 1.48 bits per heavy atom. The molecule has 1 saturated heterocycles. The highest BCUT2D eigenvalue weighted by atomic mass is 35.5. The molecule has 1 unspecified atom stereocenters. The molecule has 2 aromatic rings. The van der Waals surface area contributed by atoms with Crippen LogP contribution in [0.5, 0.6) is 0 Å². The number of rotatable bonds is 3. The largest absolute Gasteiger partial charge is 0.444 e. The molecule has 0 amide bonds. The third-order valence-corrected chi connectivity index (χ3v) is 3.46. The van der Waals surface area contributed by atoms with Gasteiger partial charge in [-0.05, 0) is 25.1 Å².